The normalized spacial score (nSPS) is 23.6. The first-order valence-corrected chi connectivity index (χ1v) is 10.8. The Bertz CT molecular complexity index is 854. The van der Waals surface area contributed by atoms with Crippen LogP contribution in [0.2, 0.25) is 5.02 Å². The van der Waals surface area contributed by atoms with Gasteiger partial charge in [-0.1, -0.05) is 41.9 Å². The van der Waals surface area contributed by atoms with E-state index >= 15 is 0 Å². The lowest BCUT2D eigenvalue weighted by molar-refractivity contribution is 0.0108. The highest BCUT2D eigenvalue weighted by atomic mass is 35.5. The van der Waals surface area contributed by atoms with Gasteiger partial charge in [-0.05, 0) is 57.6 Å². The number of hydrogen-bond donors (Lipinski definition) is 2. The molecule has 6 nitrogen and oxygen atoms in total. The number of benzene rings is 2. The summed E-state index contributed by atoms with van der Waals surface area (Å²) in [5.41, 5.74) is 0.453. The van der Waals surface area contributed by atoms with Crippen molar-refractivity contribution < 1.29 is 19.4 Å². The lowest BCUT2D eigenvalue weighted by Crippen LogP contribution is -2.52. The van der Waals surface area contributed by atoms with E-state index in [1.165, 1.54) is 0 Å². The fourth-order valence-corrected chi connectivity index (χ4v) is 4.06. The van der Waals surface area contributed by atoms with Gasteiger partial charge in [-0.25, -0.2) is 4.79 Å². The molecule has 2 aromatic rings. The van der Waals surface area contributed by atoms with Crippen LogP contribution in [0.4, 0.5) is 4.79 Å². The minimum Gasteiger partial charge on any atom is -0.488 e. The van der Waals surface area contributed by atoms with Crippen molar-refractivity contribution in [2.24, 2.45) is 0 Å². The lowest BCUT2D eigenvalue weighted by atomic mass is 10.1. The number of rotatable bonds is 6. The molecule has 0 spiro atoms. The number of alkyl carbamates (subject to hydrolysis) is 1. The van der Waals surface area contributed by atoms with E-state index in [0.29, 0.717) is 23.7 Å². The summed E-state index contributed by atoms with van der Waals surface area (Å²) in [6.07, 6.45) is -1.29. The second-order valence-corrected chi connectivity index (χ2v) is 9.42. The molecule has 0 aromatic heterocycles. The highest BCUT2D eigenvalue weighted by Crippen LogP contribution is 2.30. The number of carbonyl (C=O) groups excluding carboxylic acids is 1. The van der Waals surface area contributed by atoms with Crippen molar-refractivity contribution in [3.8, 4) is 5.75 Å². The average Bonchev–Trinajstić information content (AvgIpc) is 2.97. The molecule has 3 rings (SSSR count). The monoisotopic (exact) mass is 446 g/mol. The maximum Gasteiger partial charge on any atom is 0.407 e. The first-order valence-electron chi connectivity index (χ1n) is 10.5. The minimum atomic E-state index is -0.794. The van der Waals surface area contributed by atoms with E-state index in [9.17, 15) is 9.90 Å². The molecule has 4 atom stereocenters. The Hall–Kier alpha value is -2.28. The van der Waals surface area contributed by atoms with E-state index in [0.717, 1.165) is 5.56 Å². The number of aliphatic hydroxyl groups excluding tert-OH is 1. The standard InChI is InChI=1S/C24H31ClN2O4/c1-24(2,3)31-23(29)26-19-14-20(30-18-8-6-5-7-9-18)22(28)21(19)27(4)15-16-10-12-17(25)13-11-16/h5-13,19-22,28H,14-15H2,1-4H3,(H,26,29)/t19-,20-,21+,22+/m1/s1. The molecule has 1 aliphatic carbocycles. The first-order chi connectivity index (χ1) is 14.6. The molecule has 1 fully saturated rings. The summed E-state index contributed by atoms with van der Waals surface area (Å²) in [6, 6.07) is 16.3. The van der Waals surface area contributed by atoms with E-state index < -0.39 is 23.9 Å². The van der Waals surface area contributed by atoms with Crippen molar-refractivity contribution in [2.75, 3.05) is 7.05 Å². The van der Waals surface area contributed by atoms with Crippen LogP contribution in [0.3, 0.4) is 0 Å². The van der Waals surface area contributed by atoms with Gasteiger partial charge in [-0.15, -0.1) is 0 Å². The molecular weight excluding hydrogens is 416 g/mol. The molecular formula is C24H31ClN2O4. The van der Waals surface area contributed by atoms with Crippen LogP contribution >= 0.6 is 11.6 Å². The molecule has 0 unspecified atom stereocenters. The lowest BCUT2D eigenvalue weighted by Gasteiger charge is -2.32. The van der Waals surface area contributed by atoms with Gasteiger partial charge in [0.25, 0.3) is 0 Å². The topological polar surface area (TPSA) is 71.0 Å². The summed E-state index contributed by atoms with van der Waals surface area (Å²) in [5.74, 6) is 0.684. The van der Waals surface area contributed by atoms with Crippen molar-refractivity contribution in [3.63, 3.8) is 0 Å². The summed E-state index contributed by atoms with van der Waals surface area (Å²) < 4.78 is 11.5. The number of para-hydroxylation sites is 1. The number of ether oxygens (including phenoxy) is 2. The third kappa shape index (κ3) is 6.60. The molecule has 31 heavy (non-hydrogen) atoms. The van der Waals surface area contributed by atoms with E-state index in [1.54, 1.807) is 0 Å². The zero-order valence-corrected chi connectivity index (χ0v) is 19.2. The quantitative estimate of drug-likeness (QED) is 0.694. The van der Waals surface area contributed by atoms with Gasteiger partial charge in [0.1, 0.15) is 23.6 Å². The third-order valence-corrected chi connectivity index (χ3v) is 5.47. The van der Waals surface area contributed by atoms with Crippen molar-refractivity contribution in [3.05, 3.63) is 65.2 Å². The highest BCUT2D eigenvalue weighted by molar-refractivity contribution is 6.30. The summed E-state index contributed by atoms with van der Waals surface area (Å²) in [5, 5.41) is 14.8. The van der Waals surface area contributed by atoms with Gasteiger partial charge < -0.3 is 19.9 Å². The van der Waals surface area contributed by atoms with Crippen LogP contribution in [0, 0.1) is 0 Å². The zero-order valence-electron chi connectivity index (χ0n) is 18.4. The minimum absolute atomic E-state index is 0.337. The highest BCUT2D eigenvalue weighted by Gasteiger charge is 2.47. The number of carbonyl (C=O) groups is 1. The number of nitrogens with one attached hydrogen (secondary N) is 1. The third-order valence-electron chi connectivity index (χ3n) is 5.22. The second-order valence-electron chi connectivity index (χ2n) is 8.98. The van der Waals surface area contributed by atoms with E-state index in [-0.39, 0.29) is 12.1 Å². The van der Waals surface area contributed by atoms with Gasteiger partial charge in [0.15, 0.2) is 0 Å². The van der Waals surface area contributed by atoms with Gasteiger partial charge in [0.05, 0.1) is 12.1 Å². The van der Waals surface area contributed by atoms with Crippen LogP contribution in [0.25, 0.3) is 0 Å². The SMILES string of the molecule is CN(Cc1ccc(Cl)cc1)[C@@H]1[C@@H](O)[C@H](Oc2ccccc2)C[C@H]1NC(=O)OC(C)(C)C. The Balaban J connectivity index is 1.76. The molecule has 168 valence electrons. The largest absolute Gasteiger partial charge is 0.488 e. The number of nitrogens with zero attached hydrogens (tertiary/aromatic N) is 1. The first kappa shape index (κ1) is 23.4. The predicted molar refractivity (Wildman–Crippen MR) is 121 cm³/mol. The predicted octanol–water partition coefficient (Wildman–Crippen LogP) is 4.25. The number of hydrogen-bond acceptors (Lipinski definition) is 5. The number of aliphatic hydroxyl groups is 1. The van der Waals surface area contributed by atoms with Gasteiger partial charge in [-0.2, -0.15) is 0 Å². The Labute approximate surface area is 189 Å². The average molecular weight is 447 g/mol. The summed E-state index contributed by atoms with van der Waals surface area (Å²) >= 11 is 6.00. The van der Waals surface area contributed by atoms with Gasteiger partial charge >= 0.3 is 6.09 Å². The summed E-state index contributed by atoms with van der Waals surface area (Å²) in [7, 11) is 1.93. The van der Waals surface area contributed by atoms with Crippen molar-refractivity contribution in [2.45, 2.75) is 63.6 Å². The number of halogens is 1. The molecule has 1 aliphatic rings. The summed E-state index contributed by atoms with van der Waals surface area (Å²) in [4.78, 5) is 14.5. The Morgan fingerprint density at radius 3 is 2.42 bits per heavy atom. The molecule has 0 heterocycles. The van der Waals surface area contributed by atoms with E-state index in [2.05, 4.69) is 5.32 Å². The van der Waals surface area contributed by atoms with Crippen LogP contribution in [0.15, 0.2) is 54.6 Å². The second kappa shape index (κ2) is 9.90. The van der Waals surface area contributed by atoms with Crippen LogP contribution in [0.5, 0.6) is 5.75 Å². The van der Waals surface area contributed by atoms with Gasteiger partial charge in [0.2, 0.25) is 0 Å². The molecule has 2 N–H and O–H groups in total. The molecule has 1 saturated carbocycles. The smallest absolute Gasteiger partial charge is 0.407 e. The van der Waals surface area contributed by atoms with Crippen LogP contribution in [-0.4, -0.2) is 53.0 Å². The van der Waals surface area contributed by atoms with Crippen molar-refractivity contribution in [1.82, 2.24) is 10.2 Å². The Morgan fingerprint density at radius 1 is 1.16 bits per heavy atom. The fourth-order valence-electron chi connectivity index (χ4n) is 3.93. The summed E-state index contributed by atoms with van der Waals surface area (Å²) in [6.45, 7) is 6.05. The molecule has 1 amide bonds. The van der Waals surface area contributed by atoms with Crippen molar-refractivity contribution in [1.29, 1.82) is 0 Å². The molecule has 0 aliphatic heterocycles. The van der Waals surface area contributed by atoms with Gasteiger partial charge in [0, 0.05) is 18.0 Å². The number of likely N-dealkylation sites (N-methyl/N-ethyl adjacent to an activating group) is 1. The Morgan fingerprint density at radius 2 is 1.81 bits per heavy atom. The molecule has 0 bridgehead atoms. The van der Waals surface area contributed by atoms with Crippen LogP contribution < -0.4 is 10.1 Å². The van der Waals surface area contributed by atoms with E-state index in [4.69, 9.17) is 21.1 Å². The van der Waals surface area contributed by atoms with Crippen LogP contribution in [-0.2, 0) is 11.3 Å². The maximum atomic E-state index is 12.5. The van der Waals surface area contributed by atoms with Gasteiger partial charge in [-0.3, -0.25) is 4.90 Å². The van der Waals surface area contributed by atoms with E-state index in [1.807, 2.05) is 87.3 Å². The van der Waals surface area contributed by atoms with Crippen molar-refractivity contribution >= 4 is 17.7 Å². The maximum absolute atomic E-state index is 12.5. The Kier molecular flexibility index (Phi) is 7.46. The molecule has 7 heteroatoms. The zero-order chi connectivity index (χ0) is 22.6. The fraction of sp³-hybridized carbons (Fsp3) is 0.458. The molecule has 0 radical (unpaired) electrons. The molecule has 2 aromatic carbocycles. The number of amides is 1. The van der Waals surface area contributed by atoms with Crippen LogP contribution in [0.1, 0.15) is 32.8 Å². The molecule has 0 saturated heterocycles.